The Bertz CT molecular complexity index is 524. The number of carbonyl (C=O) groups excluding carboxylic acids is 1. The number of halogens is 1. The van der Waals surface area contributed by atoms with Gasteiger partial charge in [0.1, 0.15) is 6.07 Å². The Morgan fingerprint density at radius 2 is 2.37 bits per heavy atom. The molecule has 100 valence electrons. The van der Waals surface area contributed by atoms with E-state index in [4.69, 9.17) is 16.9 Å². The minimum Gasteiger partial charge on any atom is -0.325 e. The minimum absolute atomic E-state index is 0.0482. The monoisotopic (exact) mass is 277 g/mol. The number of piperidine rings is 1. The van der Waals surface area contributed by atoms with Crippen LogP contribution in [0.4, 0.5) is 5.69 Å². The lowest BCUT2D eigenvalue weighted by Crippen LogP contribution is -2.48. The van der Waals surface area contributed by atoms with E-state index >= 15 is 0 Å². The normalized spacial score (nSPS) is 22.6. The van der Waals surface area contributed by atoms with Crippen LogP contribution >= 0.6 is 11.6 Å². The highest BCUT2D eigenvalue weighted by atomic mass is 35.5. The number of nitrogens with one attached hydrogen (secondary N) is 2. The highest BCUT2D eigenvalue weighted by Gasteiger charge is 2.27. The third kappa shape index (κ3) is 3.25. The molecule has 0 saturated carbocycles. The minimum atomic E-state index is -0.164. The number of rotatable bonds is 2. The Balaban J connectivity index is 2.06. The van der Waals surface area contributed by atoms with Crippen LogP contribution in [0.15, 0.2) is 18.2 Å². The molecule has 0 spiro atoms. The molecule has 19 heavy (non-hydrogen) atoms. The molecule has 2 atom stereocenters. The molecule has 1 saturated heterocycles. The zero-order valence-corrected chi connectivity index (χ0v) is 11.5. The number of anilines is 1. The Hall–Kier alpha value is -1.57. The van der Waals surface area contributed by atoms with Crippen molar-refractivity contribution in [2.24, 2.45) is 5.92 Å². The maximum Gasteiger partial charge on any atom is 0.241 e. The summed E-state index contributed by atoms with van der Waals surface area (Å²) < 4.78 is 0. The van der Waals surface area contributed by atoms with Crippen molar-refractivity contribution in [3.8, 4) is 6.07 Å². The van der Waals surface area contributed by atoms with Gasteiger partial charge in [-0.15, -0.1) is 0 Å². The topological polar surface area (TPSA) is 64.9 Å². The first-order valence-electron chi connectivity index (χ1n) is 6.35. The quantitative estimate of drug-likeness (QED) is 0.873. The van der Waals surface area contributed by atoms with Crippen LogP contribution in [0.5, 0.6) is 0 Å². The number of benzene rings is 1. The van der Waals surface area contributed by atoms with E-state index in [9.17, 15) is 4.79 Å². The van der Waals surface area contributed by atoms with Gasteiger partial charge >= 0.3 is 0 Å². The first-order chi connectivity index (χ1) is 9.11. The van der Waals surface area contributed by atoms with Gasteiger partial charge in [0.15, 0.2) is 0 Å². The molecule has 2 rings (SSSR count). The second kappa shape index (κ2) is 6.05. The van der Waals surface area contributed by atoms with Gasteiger partial charge in [0.2, 0.25) is 5.91 Å². The number of carbonyl (C=O) groups is 1. The average Bonchev–Trinajstić information content (AvgIpc) is 2.39. The van der Waals surface area contributed by atoms with Crippen LogP contribution in [-0.2, 0) is 4.79 Å². The molecular weight excluding hydrogens is 262 g/mol. The van der Waals surface area contributed by atoms with Gasteiger partial charge in [-0.2, -0.15) is 5.26 Å². The van der Waals surface area contributed by atoms with Crippen molar-refractivity contribution in [3.63, 3.8) is 0 Å². The smallest absolute Gasteiger partial charge is 0.241 e. The van der Waals surface area contributed by atoms with Crippen LogP contribution in [0, 0.1) is 17.2 Å². The lowest BCUT2D eigenvalue weighted by Gasteiger charge is -2.28. The Labute approximate surface area is 117 Å². The average molecular weight is 278 g/mol. The fourth-order valence-corrected chi connectivity index (χ4v) is 2.53. The van der Waals surface area contributed by atoms with Crippen molar-refractivity contribution in [1.29, 1.82) is 5.26 Å². The zero-order chi connectivity index (χ0) is 13.8. The summed E-state index contributed by atoms with van der Waals surface area (Å²) in [5, 5.41) is 15.2. The first kappa shape index (κ1) is 13.9. The number of amides is 1. The van der Waals surface area contributed by atoms with E-state index in [0.29, 0.717) is 22.2 Å². The number of hydrogen-bond acceptors (Lipinski definition) is 3. The van der Waals surface area contributed by atoms with Crippen molar-refractivity contribution in [2.45, 2.75) is 25.8 Å². The third-order valence-corrected chi connectivity index (χ3v) is 3.72. The van der Waals surface area contributed by atoms with E-state index in [-0.39, 0.29) is 11.9 Å². The van der Waals surface area contributed by atoms with Crippen LogP contribution in [0.1, 0.15) is 25.3 Å². The van der Waals surface area contributed by atoms with Gasteiger partial charge in [-0.05, 0) is 43.5 Å². The Kier molecular flexibility index (Phi) is 4.41. The molecule has 0 aromatic heterocycles. The lowest BCUT2D eigenvalue weighted by molar-refractivity contribution is -0.119. The molecule has 1 amide bonds. The van der Waals surface area contributed by atoms with Crippen LogP contribution in [0.3, 0.4) is 0 Å². The maximum absolute atomic E-state index is 12.2. The summed E-state index contributed by atoms with van der Waals surface area (Å²) in [6.45, 7) is 2.94. The number of hydrogen-bond donors (Lipinski definition) is 2. The SMILES string of the molecule is CC1CCCNC1C(=O)Nc1ccc(C#N)c(Cl)c1. The van der Waals surface area contributed by atoms with Gasteiger partial charge in [-0.25, -0.2) is 0 Å². The second-order valence-electron chi connectivity index (χ2n) is 4.85. The molecular formula is C14H16ClN3O. The fourth-order valence-electron chi connectivity index (χ4n) is 2.30. The predicted octanol–water partition coefficient (Wildman–Crippen LogP) is 2.54. The summed E-state index contributed by atoms with van der Waals surface area (Å²) in [5.74, 6) is 0.274. The lowest BCUT2D eigenvalue weighted by atomic mass is 9.92. The summed E-state index contributed by atoms with van der Waals surface area (Å²) in [6.07, 6.45) is 2.16. The first-order valence-corrected chi connectivity index (χ1v) is 6.73. The van der Waals surface area contributed by atoms with E-state index in [1.807, 2.05) is 6.07 Å². The summed E-state index contributed by atoms with van der Waals surface area (Å²) in [6, 6.07) is 6.73. The summed E-state index contributed by atoms with van der Waals surface area (Å²) in [4.78, 5) is 12.2. The van der Waals surface area contributed by atoms with E-state index in [1.54, 1.807) is 18.2 Å². The number of nitriles is 1. The van der Waals surface area contributed by atoms with Gasteiger partial charge in [0.25, 0.3) is 0 Å². The molecule has 2 unspecified atom stereocenters. The molecule has 1 heterocycles. The third-order valence-electron chi connectivity index (χ3n) is 3.41. The van der Waals surface area contributed by atoms with Gasteiger partial charge in [-0.3, -0.25) is 4.79 Å². The molecule has 1 aliphatic heterocycles. The Morgan fingerprint density at radius 3 is 3.00 bits per heavy atom. The van der Waals surface area contributed by atoms with Gasteiger partial charge in [0, 0.05) is 5.69 Å². The second-order valence-corrected chi connectivity index (χ2v) is 5.25. The summed E-state index contributed by atoms with van der Waals surface area (Å²) in [7, 11) is 0. The largest absolute Gasteiger partial charge is 0.325 e. The van der Waals surface area contributed by atoms with Crippen molar-refractivity contribution >= 4 is 23.2 Å². The molecule has 1 aromatic carbocycles. The molecule has 5 heteroatoms. The molecule has 1 fully saturated rings. The van der Waals surface area contributed by atoms with Crippen molar-refractivity contribution < 1.29 is 4.79 Å². The van der Waals surface area contributed by atoms with E-state index in [0.717, 1.165) is 19.4 Å². The molecule has 2 N–H and O–H groups in total. The van der Waals surface area contributed by atoms with Gasteiger partial charge < -0.3 is 10.6 Å². The van der Waals surface area contributed by atoms with Crippen LogP contribution in [-0.4, -0.2) is 18.5 Å². The number of nitrogens with zero attached hydrogens (tertiary/aromatic N) is 1. The van der Waals surface area contributed by atoms with Crippen LogP contribution in [0.2, 0.25) is 5.02 Å². The standard InChI is InChI=1S/C14H16ClN3O/c1-9-3-2-6-17-13(9)14(19)18-11-5-4-10(8-16)12(15)7-11/h4-5,7,9,13,17H,2-3,6H2,1H3,(H,18,19). The molecule has 0 aliphatic carbocycles. The van der Waals surface area contributed by atoms with Crippen molar-refractivity contribution in [3.05, 3.63) is 28.8 Å². The highest BCUT2D eigenvalue weighted by molar-refractivity contribution is 6.32. The van der Waals surface area contributed by atoms with Crippen molar-refractivity contribution in [1.82, 2.24) is 5.32 Å². The predicted molar refractivity (Wildman–Crippen MR) is 75.0 cm³/mol. The molecule has 0 radical (unpaired) electrons. The molecule has 4 nitrogen and oxygen atoms in total. The summed E-state index contributed by atoms with van der Waals surface area (Å²) in [5.41, 5.74) is 1.03. The van der Waals surface area contributed by atoms with Crippen LogP contribution < -0.4 is 10.6 Å². The van der Waals surface area contributed by atoms with Crippen LogP contribution in [0.25, 0.3) is 0 Å². The highest BCUT2D eigenvalue weighted by Crippen LogP contribution is 2.22. The Morgan fingerprint density at radius 1 is 1.58 bits per heavy atom. The van der Waals surface area contributed by atoms with E-state index in [2.05, 4.69) is 17.6 Å². The van der Waals surface area contributed by atoms with Gasteiger partial charge in [0.05, 0.1) is 16.6 Å². The molecule has 1 aromatic rings. The van der Waals surface area contributed by atoms with Crippen molar-refractivity contribution in [2.75, 3.05) is 11.9 Å². The molecule has 0 bridgehead atoms. The van der Waals surface area contributed by atoms with E-state index in [1.165, 1.54) is 0 Å². The molecule has 1 aliphatic rings. The maximum atomic E-state index is 12.2. The summed E-state index contributed by atoms with van der Waals surface area (Å²) >= 11 is 5.94. The zero-order valence-electron chi connectivity index (χ0n) is 10.7. The van der Waals surface area contributed by atoms with Gasteiger partial charge in [-0.1, -0.05) is 18.5 Å². The fraction of sp³-hybridized carbons (Fsp3) is 0.429. The van der Waals surface area contributed by atoms with E-state index < -0.39 is 0 Å².